The van der Waals surface area contributed by atoms with Crippen LogP contribution in [0.3, 0.4) is 0 Å². The molecule has 3 fully saturated rings. The van der Waals surface area contributed by atoms with E-state index in [-0.39, 0.29) is 17.3 Å². The standard InChI is InChI=1S/C21H30FN3O2/c1-23-10-12-24(13-11-23)19-5-14-27-21(16-19)6-8-25(9-7-21)20(26)17-3-2-4-18(22)15-17/h2-4,15,19H,5-14,16H2,1H3/t19-/m0/s1. The molecule has 1 atom stereocenters. The summed E-state index contributed by atoms with van der Waals surface area (Å²) < 4.78 is 19.7. The fourth-order valence-corrected chi connectivity index (χ4v) is 4.77. The van der Waals surface area contributed by atoms with E-state index in [1.807, 2.05) is 4.90 Å². The first-order valence-corrected chi connectivity index (χ1v) is 10.2. The first-order chi connectivity index (χ1) is 13.0. The number of likely N-dealkylation sites (tertiary alicyclic amines) is 1. The molecule has 3 aliphatic heterocycles. The van der Waals surface area contributed by atoms with Crippen molar-refractivity contribution >= 4 is 5.91 Å². The molecule has 0 N–H and O–H groups in total. The van der Waals surface area contributed by atoms with Gasteiger partial charge in [0.05, 0.1) is 5.60 Å². The van der Waals surface area contributed by atoms with Gasteiger partial charge in [-0.3, -0.25) is 9.69 Å². The maximum atomic E-state index is 13.4. The smallest absolute Gasteiger partial charge is 0.253 e. The maximum absolute atomic E-state index is 13.4. The highest BCUT2D eigenvalue weighted by Crippen LogP contribution is 2.37. The minimum absolute atomic E-state index is 0.0734. The zero-order chi connectivity index (χ0) is 18.9. The monoisotopic (exact) mass is 375 g/mol. The number of ether oxygens (including phenoxy) is 1. The summed E-state index contributed by atoms with van der Waals surface area (Å²) in [4.78, 5) is 19.5. The van der Waals surface area contributed by atoms with Crippen LogP contribution in [0.5, 0.6) is 0 Å². The molecule has 0 saturated carbocycles. The van der Waals surface area contributed by atoms with Crippen molar-refractivity contribution in [2.45, 2.75) is 37.3 Å². The van der Waals surface area contributed by atoms with Gasteiger partial charge in [0.2, 0.25) is 0 Å². The third-order valence-corrected chi connectivity index (χ3v) is 6.55. The van der Waals surface area contributed by atoms with Crippen LogP contribution >= 0.6 is 0 Å². The Balaban J connectivity index is 1.35. The number of likely N-dealkylation sites (N-methyl/N-ethyl adjacent to an activating group) is 1. The summed E-state index contributed by atoms with van der Waals surface area (Å²) in [5.74, 6) is -0.435. The number of hydrogen-bond acceptors (Lipinski definition) is 4. The van der Waals surface area contributed by atoms with E-state index in [1.54, 1.807) is 12.1 Å². The van der Waals surface area contributed by atoms with Crippen LogP contribution in [0, 0.1) is 5.82 Å². The Morgan fingerprint density at radius 2 is 1.89 bits per heavy atom. The van der Waals surface area contributed by atoms with Crippen LogP contribution < -0.4 is 0 Å². The Morgan fingerprint density at radius 1 is 1.15 bits per heavy atom. The first-order valence-electron chi connectivity index (χ1n) is 10.2. The fraction of sp³-hybridized carbons (Fsp3) is 0.667. The predicted molar refractivity (Wildman–Crippen MR) is 102 cm³/mol. The molecule has 3 saturated heterocycles. The van der Waals surface area contributed by atoms with Crippen molar-refractivity contribution in [2.75, 3.05) is 52.9 Å². The average Bonchev–Trinajstić information content (AvgIpc) is 2.69. The van der Waals surface area contributed by atoms with Crippen molar-refractivity contribution in [3.05, 3.63) is 35.6 Å². The van der Waals surface area contributed by atoms with Gasteiger partial charge < -0.3 is 14.5 Å². The summed E-state index contributed by atoms with van der Waals surface area (Å²) in [6, 6.07) is 6.58. The van der Waals surface area contributed by atoms with Crippen LogP contribution in [-0.4, -0.2) is 85.2 Å². The lowest BCUT2D eigenvalue weighted by Gasteiger charge is -2.49. The second-order valence-electron chi connectivity index (χ2n) is 8.32. The van der Waals surface area contributed by atoms with E-state index in [4.69, 9.17) is 4.74 Å². The van der Waals surface area contributed by atoms with E-state index in [2.05, 4.69) is 16.8 Å². The number of nitrogens with zero attached hydrogens (tertiary/aromatic N) is 3. The van der Waals surface area contributed by atoms with Gasteiger partial charge in [0, 0.05) is 57.5 Å². The number of carbonyl (C=O) groups is 1. The van der Waals surface area contributed by atoms with Crippen molar-refractivity contribution in [3.8, 4) is 0 Å². The summed E-state index contributed by atoms with van der Waals surface area (Å²) in [5, 5.41) is 0. The topological polar surface area (TPSA) is 36.0 Å². The van der Waals surface area contributed by atoms with E-state index in [0.717, 1.165) is 58.5 Å². The molecule has 0 unspecified atom stereocenters. The fourth-order valence-electron chi connectivity index (χ4n) is 4.77. The molecular formula is C21H30FN3O2. The molecule has 5 nitrogen and oxygen atoms in total. The number of benzene rings is 1. The molecule has 1 aromatic carbocycles. The van der Waals surface area contributed by atoms with Crippen molar-refractivity contribution in [3.63, 3.8) is 0 Å². The van der Waals surface area contributed by atoms with Crippen LogP contribution in [0.2, 0.25) is 0 Å². The Hall–Kier alpha value is -1.50. The van der Waals surface area contributed by atoms with Gasteiger partial charge in [0.1, 0.15) is 5.82 Å². The maximum Gasteiger partial charge on any atom is 0.253 e. The van der Waals surface area contributed by atoms with Gasteiger partial charge in [-0.25, -0.2) is 4.39 Å². The van der Waals surface area contributed by atoms with Crippen LogP contribution in [0.4, 0.5) is 4.39 Å². The highest BCUT2D eigenvalue weighted by Gasteiger charge is 2.42. The minimum atomic E-state index is -0.361. The van der Waals surface area contributed by atoms with E-state index in [1.165, 1.54) is 12.1 Å². The van der Waals surface area contributed by atoms with Crippen LogP contribution in [-0.2, 0) is 4.74 Å². The van der Waals surface area contributed by atoms with E-state index >= 15 is 0 Å². The zero-order valence-corrected chi connectivity index (χ0v) is 16.2. The van der Waals surface area contributed by atoms with Crippen LogP contribution in [0.25, 0.3) is 0 Å². The number of hydrogen-bond donors (Lipinski definition) is 0. The highest BCUT2D eigenvalue weighted by molar-refractivity contribution is 5.94. The lowest BCUT2D eigenvalue weighted by atomic mass is 9.81. The first kappa shape index (κ1) is 18.8. The number of carbonyl (C=O) groups excluding carboxylic acids is 1. The molecule has 0 bridgehead atoms. The summed E-state index contributed by atoms with van der Waals surface area (Å²) in [5.41, 5.74) is 0.344. The third kappa shape index (κ3) is 4.18. The molecule has 148 valence electrons. The quantitative estimate of drug-likeness (QED) is 0.794. The van der Waals surface area contributed by atoms with Gasteiger partial charge in [-0.15, -0.1) is 0 Å². The van der Waals surface area contributed by atoms with Gasteiger partial charge in [0.25, 0.3) is 5.91 Å². The molecular weight excluding hydrogens is 345 g/mol. The molecule has 3 heterocycles. The highest BCUT2D eigenvalue weighted by atomic mass is 19.1. The van der Waals surface area contributed by atoms with Crippen molar-refractivity contribution in [1.29, 1.82) is 0 Å². The Labute approximate surface area is 161 Å². The molecule has 6 heteroatoms. The second-order valence-corrected chi connectivity index (χ2v) is 8.32. The number of amides is 1. The molecule has 4 rings (SSSR count). The molecule has 1 aromatic rings. The molecule has 0 radical (unpaired) electrons. The summed E-state index contributed by atoms with van der Waals surface area (Å²) in [6.45, 7) is 6.74. The van der Waals surface area contributed by atoms with E-state index < -0.39 is 0 Å². The molecule has 1 amide bonds. The van der Waals surface area contributed by atoms with Gasteiger partial charge in [-0.05, 0) is 50.9 Å². The van der Waals surface area contributed by atoms with Crippen LogP contribution in [0.1, 0.15) is 36.0 Å². The van der Waals surface area contributed by atoms with Gasteiger partial charge >= 0.3 is 0 Å². The Bertz CT molecular complexity index is 667. The van der Waals surface area contributed by atoms with Crippen molar-refractivity contribution in [1.82, 2.24) is 14.7 Å². The van der Waals surface area contributed by atoms with Gasteiger partial charge in [-0.1, -0.05) is 6.07 Å². The lowest BCUT2D eigenvalue weighted by Crippen LogP contribution is -2.57. The largest absolute Gasteiger partial charge is 0.375 e. The third-order valence-electron chi connectivity index (χ3n) is 6.55. The Kier molecular flexibility index (Phi) is 5.48. The molecule has 27 heavy (non-hydrogen) atoms. The molecule has 0 aliphatic carbocycles. The number of rotatable bonds is 2. The normalized spacial score (nSPS) is 27.0. The molecule has 0 aromatic heterocycles. The molecule has 1 spiro atoms. The minimum Gasteiger partial charge on any atom is -0.375 e. The SMILES string of the molecule is CN1CCN([C@H]2CCOC3(CCN(C(=O)c4cccc(F)c4)CC3)C2)CC1. The summed E-state index contributed by atoms with van der Waals surface area (Å²) in [6.07, 6.45) is 3.92. The van der Waals surface area contributed by atoms with Crippen molar-refractivity contribution in [2.24, 2.45) is 0 Å². The van der Waals surface area contributed by atoms with Gasteiger partial charge in [-0.2, -0.15) is 0 Å². The van der Waals surface area contributed by atoms with Crippen molar-refractivity contribution < 1.29 is 13.9 Å². The Morgan fingerprint density at radius 3 is 2.59 bits per heavy atom. The average molecular weight is 375 g/mol. The van der Waals surface area contributed by atoms with Gasteiger partial charge in [0.15, 0.2) is 0 Å². The van der Waals surface area contributed by atoms with E-state index in [0.29, 0.717) is 24.7 Å². The predicted octanol–water partition coefficient (Wildman–Crippen LogP) is 2.23. The number of piperazine rings is 1. The summed E-state index contributed by atoms with van der Waals surface area (Å²) in [7, 11) is 2.19. The second kappa shape index (κ2) is 7.86. The number of halogens is 1. The summed E-state index contributed by atoms with van der Waals surface area (Å²) >= 11 is 0. The lowest BCUT2D eigenvalue weighted by molar-refractivity contribution is -0.132. The molecule has 3 aliphatic rings. The van der Waals surface area contributed by atoms with E-state index in [9.17, 15) is 9.18 Å². The number of piperidine rings is 1. The zero-order valence-electron chi connectivity index (χ0n) is 16.2. The van der Waals surface area contributed by atoms with Crippen LogP contribution in [0.15, 0.2) is 24.3 Å².